The molecule has 0 fully saturated rings. The van der Waals surface area contributed by atoms with Gasteiger partial charge in [-0.3, -0.25) is 4.98 Å². The van der Waals surface area contributed by atoms with E-state index in [9.17, 15) is 4.39 Å². The lowest BCUT2D eigenvalue weighted by Gasteiger charge is -2.27. The average Bonchev–Trinajstić information content (AvgIpc) is 3.31. The van der Waals surface area contributed by atoms with Gasteiger partial charge in [0, 0.05) is 48.0 Å². The fraction of sp³-hybridized carbons (Fsp3) is 0.182. The van der Waals surface area contributed by atoms with Gasteiger partial charge in [0.25, 0.3) is 0 Å². The second-order valence-corrected chi connectivity index (χ2v) is 8.71. The van der Waals surface area contributed by atoms with Gasteiger partial charge in [0.15, 0.2) is 0 Å². The quantitative estimate of drug-likeness (QED) is 0.447. The molecular weight excluding hydrogens is 407 g/mol. The van der Waals surface area contributed by atoms with E-state index in [1.54, 1.807) is 29.7 Å². The van der Waals surface area contributed by atoms with Crippen LogP contribution in [-0.4, -0.2) is 21.5 Å². The van der Waals surface area contributed by atoms with E-state index in [4.69, 9.17) is 16.6 Å². The van der Waals surface area contributed by atoms with Gasteiger partial charge < -0.3 is 9.88 Å². The minimum absolute atomic E-state index is 0.315. The van der Waals surface area contributed by atoms with Gasteiger partial charge in [-0.05, 0) is 42.8 Å². The molecule has 0 spiro atoms. The summed E-state index contributed by atoms with van der Waals surface area (Å²) in [5.41, 5.74) is 4.48. The summed E-state index contributed by atoms with van der Waals surface area (Å²) in [5.74, 6) is 0.690. The highest BCUT2D eigenvalue weighted by Crippen LogP contribution is 2.36. The molecule has 1 N–H and O–H groups in total. The third-order valence-electron chi connectivity index (χ3n) is 5.20. The van der Waals surface area contributed by atoms with Crippen LogP contribution >= 0.6 is 22.9 Å². The summed E-state index contributed by atoms with van der Waals surface area (Å²) in [6, 6.07) is 10.7. The maximum atomic E-state index is 14.3. The van der Waals surface area contributed by atoms with Crippen molar-refractivity contribution in [2.75, 3.05) is 11.4 Å². The highest BCUT2D eigenvalue weighted by Gasteiger charge is 2.24. The van der Waals surface area contributed by atoms with E-state index < -0.39 is 0 Å². The molecule has 7 heteroatoms. The van der Waals surface area contributed by atoms with Crippen molar-refractivity contribution in [3.05, 3.63) is 75.8 Å². The van der Waals surface area contributed by atoms with Crippen molar-refractivity contribution in [2.45, 2.75) is 19.9 Å². The van der Waals surface area contributed by atoms with Crippen LogP contribution in [0.2, 0.25) is 5.02 Å². The van der Waals surface area contributed by atoms with E-state index in [1.807, 2.05) is 24.4 Å². The van der Waals surface area contributed by atoms with Crippen LogP contribution in [0.5, 0.6) is 0 Å². The molecule has 0 unspecified atom stereocenters. The first kappa shape index (κ1) is 18.3. The summed E-state index contributed by atoms with van der Waals surface area (Å²) in [5, 5.41) is 1.39. The predicted molar refractivity (Wildman–Crippen MR) is 116 cm³/mol. The van der Waals surface area contributed by atoms with Gasteiger partial charge in [0.1, 0.15) is 16.6 Å². The molecule has 1 aliphatic heterocycles. The van der Waals surface area contributed by atoms with Gasteiger partial charge in [-0.2, -0.15) is 0 Å². The molecular formula is C22H18ClFN4S. The lowest BCUT2D eigenvalue weighted by molar-refractivity contribution is 0.631. The maximum Gasteiger partial charge on any atom is 0.143 e. The number of aromatic amines is 1. The van der Waals surface area contributed by atoms with E-state index in [1.165, 1.54) is 10.9 Å². The molecule has 146 valence electrons. The molecule has 3 aromatic heterocycles. The van der Waals surface area contributed by atoms with E-state index in [2.05, 4.69) is 21.8 Å². The number of nitrogens with zero attached hydrogens (tertiary/aromatic N) is 3. The van der Waals surface area contributed by atoms with Crippen LogP contribution in [0.4, 0.5) is 10.2 Å². The lowest BCUT2D eigenvalue weighted by atomic mass is 10.1. The second-order valence-electron chi connectivity index (χ2n) is 7.10. The Balaban J connectivity index is 1.45. The first-order valence-corrected chi connectivity index (χ1v) is 10.6. The summed E-state index contributed by atoms with van der Waals surface area (Å²) in [4.78, 5) is 15.9. The number of hydrogen-bond donors (Lipinski definition) is 1. The van der Waals surface area contributed by atoms with Gasteiger partial charge >= 0.3 is 0 Å². The first-order chi connectivity index (χ1) is 14.1. The minimum Gasteiger partial charge on any atom is -0.358 e. The summed E-state index contributed by atoms with van der Waals surface area (Å²) in [7, 11) is 0. The van der Waals surface area contributed by atoms with Crippen LogP contribution < -0.4 is 4.90 Å². The predicted octanol–water partition coefficient (Wildman–Crippen LogP) is 5.86. The molecule has 1 aliphatic rings. The number of nitrogens with one attached hydrogen (secondary N) is 1. The summed E-state index contributed by atoms with van der Waals surface area (Å²) >= 11 is 7.93. The molecule has 0 bridgehead atoms. The number of benzene rings is 1. The topological polar surface area (TPSA) is 44.8 Å². The molecule has 29 heavy (non-hydrogen) atoms. The largest absolute Gasteiger partial charge is 0.358 e. The lowest BCUT2D eigenvalue weighted by Crippen LogP contribution is -2.30. The Morgan fingerprint density at radius 1 is 1.24 bits per heavy atom. The number of fused-ring (bicyclic) bond motifs is 1. The van der Waals surface area contributed by atoms with Crippen molar-refractivity contribution in [1.29, 1.82) is 0 Å². The van der Waals surface area contributed by atoms with Crippen molar-refractivity contribution in [3.63, 3.8) is 0 Å². The van der Waals surface area contributed by atoms with Crippen LogP contribution in [0.15, 0.2) is 48.8 Å². The highest BCUT2D eigenvalue weighted by molar-refractivity contribution is 7.15. The molecule has 5 rings (SSSR count). The van der Waals surface area contributed by atoms with Crippen molar-refractivity contribution in [1.82, 2.24) is 15.0 Å². The Bertz CT molecular complexity index is 1160. The van der Waals surface area contributed by atoms with Gasteiger partial charge in [0.2, 0.25) is 0 Å². The fourth-order valence-corrected chi connectivity index (χ4v) is 4.99. The Kier molecular flexibility index (Phi) is 4.60. The molecule has 4 aromatic rings. The highest BCUT2D eigenvalue weighted by atomic mass is 35.5. The van der Waals surface area contributed by atoms with Crippen molar-refractivity contribution < 1.29 is 4.39 Å². The van der Waals surface area contributed by atoms with Crippen molar-refractivity contribution >= 4 is 28.8 Å². The Morgan fingerprint density at radius 3 is 2.93 bits per heavy atom. The Morgan fingerprint density at radius 2 is 2.14 bits per heavy atom. The van der Waals surface area contributed by atoms with Crippen LogP contribution in [0, 0.1) is 12.7 Å². The Hall–Kier alpha value is -2.70. The molecule has 0 saturated carbocycles. The van der Waals surface area contributed by atoms with E-state index >= 15 is 0 Å². The summed E-state index contributed by atoms with van der Waals surface area (Å²) in [6.45, 7) is 3.69. The zero-order valence-corrected chi connectivity index (χ0v) is 17.3. The summed E-state index contributed by atoms with van der Waals surface area (Å²) in [6.07, 6.45) is 4.45. The number of pyridine rings is 1. The number of rotatable bonds is 3. The van der Waals surface area contributed by atoms with Crippen LogP contribution in [0.3, 0.4) is 0 Å². The average molecular weight is 425 g/mol. The van der Waals surface area contributed by atoms with Crippen LogP contribution in [0.1, 0.15) is 16.1 Å². The van der Waals surface area contributed by atoms with E-state index in [0.717, 1.165) is 52.9 Å². The number of hydrogen-bond acceptors (Lipinski definition) is 4. The minimum atomic E-state index is -0.315. The van der Waals surface area contributed by atoms with Crippen LogP contribution in [-0.2, 0) is 13.0 Å². The summed E-state index contributed by atoms with van der Waals surface area (Å²) < 4.78 is 14.3. The molecule has 4 nitrogen and oxygen atoms in total. The van der Waals surface area contributed by atoms with Crippen molar-refractivity contribution in [3.8, 4) is 21.8 Å². The smallest absolute Gasteiger partial charge is 0.143 e. The fourth-order valence-electron chi connectivity index (χ4n) is 3.80. The number of aromatic nitrogens is 3. The third-order valence-corrected chi connectivity index (χ3v) is 6.52. The van der Waals surface area contributed by atoms with Gasteiger partial charge in [0.05, 0.1) is 16.3 Å². The van der Waals surface area contributed by atoms with Crippen molar-refractivity contribution in [2.24, 2.45) is 0 Å². The number of thiazole rings is 1. The van der Waals surface area contributed by atoms with Crippen LogP contribution in [0.25, 0.3) is 21.8 Å². The normalized spacial score (nSPS) is 13.6. The number of H-pyrrole nitrogens is 1. The molecule has 0 aliphatic carbocycles. The molecule has 0 saturated heterocycles. The molecule has 0 amide bonds. The van der Waals surface area contributed by atoms with E-state index in [0.29, 0.717) is 10.6 Å². The molecule has 0 atom stereocenters. The monoisotopic (exact) mass is 424 g/mol. The standard InChI is InChI=1S/C22H18ClFN4S/c1-13-21(27-22(29-13)14-4-3-8-25-11-14)28-9-7-18-15(12-28)10-19(26-18)20-16(23)5-2-6-17(20)24/h2-6,8,10-11,26H,7,9,12H2,1H3. The SMILES string of the molecule is Cc1sc(-c2cccnc2)nc1N1CCc2[nH]c(-c3c(F)cccc3Cl)cc2C1. The maximum absolute atomic E-state index is 14.3. The first-order valence-electron chi connectivity index (χ1n) is 9.38. The number of anilines is 1. The molecule has 1 aromatic carbocycles. The Labute approximate surface area is 177 Å². The molecule has 0 radical (unpaired) electrons. The molecule has 4 heterocycles. The van der Waals surface area contributed by atoms with E-state index in [-0.39, 0.29) is 5.82 Å². The number of halogens is 2. The zero-order chi connectivity index (χ0) is 20.0. The second kappa shape index (κ2) is 7.28. The van der Waals surface area contributed by atoms with Gasteiger partial charge in [-0.25, -0.2) is 9.37 Å². The van der Waals surface area contributed by atoms with Gasteiger partial charge in [-0.1, -0.05) is 17.7 Å². The number of aryl methyl sites for hydroxylation is 1. The van der Waals surface area contributed by atoms with Gasteiger partial charge in [-0.15, -0.1) is 11.3 Å². The third kappa shape index (κ3) is 3.32. The zero-order valence-electron chi connectivity index (χ0n) is 15.7.